The summed E-state index contributed by atoms with van der Waals surface area (Å²) in [6, 6.07) is 17.5. The molecule has 5 heteroatoms. The Morgan fingerprint density at radius 3 is 2.44 bits per heavy atom. The lowest BCUT2D eigenvalue weighted by molar-refractivity contribution is 0.332. The smallest absolute Gasteiger partial charge is 0.161 e. The zero-order valence-electron chi connectivity index (χ0n) is 14.4. The number of rotatable bonds is 7. The van der Waals surface area contributed by atoms with E-state index in [9.17, 15) is 0 Å². The Balaban J connectivity index is 1.63. The number of aromatic nitrogens is 2. The third-order valence-electron chi connectivity index (χ3n) is 3.73. The molecule has 128 valence electrons. The van der Waals surface area contributed by atoms with Gasteiger partial charge >= 0.3 is 0 Å². The summed E-state index contributed by atoms with van der Waals surface area (Å²) in [6.45, 7) is 3.21. The molecule has 2 aromatic carbocycles. The summed E-state index contributed by atoms with van der Waals surface area (Å²) in [5.74, 6) is 3.17. The van der Waals surface area contributed by atoms with Gasteiger partial charge in [0.25, 0.3) is 0 Å². The number of hydrogen-bond donors (Lipinski definition) is 1. The van der Waals surface area contributed by atoms with E-state index in [1.807, 2.05) is 67.7 Å². The van der Waals surface area contributed by atoms with Crippen LogP contribution in [0.15, 0.2) is 60.8 Å². The van der Waals surface area contributed by atoms with Crippen LogP contribution in [0.1, 0.15) is 5.56 Å². The molecule has 0 spiro atoms. The molecule has 3 rings (SSSR count). The van der Waals surface area contributed by atoms with E-state index in [1.165, 1.54) is 0 Å². The molecule has 0 saturated heterocycles. The maximum Gasteiger partial charge on any atom is 0.161 e. The Morgan fingerprint density at radius 2 is 1.72 bits per heavy atom. The molecule has 25 heavy (non-hydrogen) atoms. The molecule has 0 bridgehead atoms. The van der Waals surface area contributed by atoms with Crippen LogP contribution in [0, 0.1) is 6.92 Å². The maximum atomic E-state index is 5.69. The van der Waals surface area contributed by atoms with E-state index in [1.54, 1.807) is 7.11 Å². The first-order valence-electron chi connectivity index (χ1n) is 8.16. The normalized spacial score (nSPS) is 10.3. The predicted molar refractivity (Wildman–Crippen MR) is 99.2 cm³/mol. The van der Waals surface area contributed by atoms with Crippen molar-refractivity contribution in [2.24, 2.45) is 0 Å². The summed E-state index contributed by atoms with van der Waals surface area (Å²) in [7, 11) is 1.65. The first-order valence-corrected chi connectivity index (χ1v) is 8.16. The topological polar surface area (TPSA) is 56.3 Å². The highest BCUT2D eigenvalue weighted by molar-refractivity contribution is 5.59. The van der Waals surface area contributed by atoms with Crippen molar-refractivity contribution < 1.29 is 9.47 Å². The third kappa shape index (κ3) is 4.47. The molecule has 1 N–H and O–H groups in total. The fourth-order valence-corrected chi connectivity index (χ4v) is 2.36. The molecule has 0 saturated carbocycles. The van der Waals surface area contributed by atoms with Crippen molar-refractivity contribution in [1.29, 1.82) is 0 Å². The van der Waals surface area contributed by atoms with Crippen LogP contribution < -0.4 is 14.8 Å². The lowest BCUT2D eigenvalue weighted by Gasteiger charge is -2.11. The molecule has 0 aliphatic rings. The van der Waals surface area contributed by atoms with Gasteiger partial charge in [0.15, 0.2) is 5.82 Å². The highest BCUT2D eigenvalue weighted by Crippen LogP contribution is 2.21. The Bertz CT molecular complexity index is 805. The summed E-state index contributed by atoms with van der Waals surface area (Å²) in [4.78, 5) is 9.04. The minimum Gasteiger partial charge on any atom is -0.497 e. The van der Waals surface area contributed by atoms with E-state index < -0.39 is 0 Å². The van der Waals surface area contributed by atoms with Crippen molar-refractivity contribution >= 4 is 5.82 Å². The van der Waals surface area contributed by atoms with Gasteiger partial charge in [0, 0.05) is 17.3 Å². The van der Waals surface area contributed by atoms with Crippen molar-refractivity contribution in [3.05, 3.63) is 66.4 Å². The molecule has 3 aromatic rings. The van der Waals surface area contributed by atoms with Crippen LogP contribution in [0.25, 0.3) is 11.4 Å². The second-order valence-corrected chi connectivity index (χ2v) is 5.54. The molecule has 0 atom stereocenters. The number of anilines is 1. The summed E-state index contributed by atoms with van der Waals surface area (Å²) in [5.41, 5.74) is 1.95. The summed E-state index contributed by atoms with van der Waals surface area (Å²) in [6.07, 6.45) is 1.83. The van der Waals surface area contributed by atoms with Gasteiger partial charge in [-0.25, -0.2) is 9.97 Å². The molecule has 0 radical (unpaired) electrons. The number of ether oxygens (including phenoxy) is 2. The standard InChI is InChI=1S/C20H21N3O2/c1-15-14-22-20(16-8-10-17(24-2)11-9-16)23-19(15)21-12-13-25-18-6-4-3-5-7-18/h3-11,14H,12-13H2,1-2H3,(H,21,22,23). The molecule has 1 heterocycles. The number of para-hydroxylation sites is 1. The number of benzene rings is 2. The summed E-state index contributed by atoms with van der Waals surface area (Å²) < 4.78 is 10.9. The Kier molecular flexibility index (Phi) is 5.46. The molecule has 0 fully saturated rings. The van der Waals surface area contributed by atoms with Crippen LogP contribution in [-0.4, -0.2) is 30.2 Å². The highest BCUT2D eigenvalue weighted by atomic mass is 16.5. The monoisotopic (exact) mass is 335 g/mol. The van der Waals surface area contributed by atoms with Gasteiger partial charge in [0.05, 0.1) is 13.7 Å². The fourth-order valence-electron chi connectivity index (χ4n) is 2.36. The van der Waals surface area contributed by atoms with Crippen molar-refractivity contribution in [3.63, 3.8) is 0 Å². The second kappa shape index (κ2) is 8.15. The predicted octanol–water partition coefficient (Wildman–Crippen LogP) is 3.95. The number of hydrogen-bond acceptors (Lipinski definition) is 5. The summed E-state index contributed by atoms with van der Waals surface area (Å²) in [5, 5.41) is 3.32. The quantitative estimate of drug-likeness (QED) is 0.663. The first kappa shape index (κ1) is 16.8. The van der Waals surface area contributed by atoms with Gasteiger partial charge in [0.1, 0.15) is 23.9 Å². The van der Waals surface area contributed by atoms with Crippen LogP contribution in [0.4, 0.5) is 5.82 Å². The largest absolute Gasteiger partial charge is 0.497 e. The zero-order chi connectivity index (χ0) is 17.5. The average Bonchev–Trinajstić information content (AvgIpc) is 2.67. The molecule has 5 nitrogen and oxygen atoms in total. The summed E-state index contributed by atoms with van der Waals surface area (Å²) >= 11 is 0. The molecular formula is C20H21N3O2. The van der Waals surface area contributed by atoms with Gasteiger partial charge in [-0.1, -0.05) is 18.2 Å². The van der Waals surface area contributed by atoms with Crippen LogP contribution in [0.2, 0.25) is 0 Å². The van der Waals surface area contributed by atoms with Crippen molar-refractivity contribution in [3.8, 4) is 22.9 Å². The average molecular weight is 335 g/mol. The fraction of sp³-hybridized carbons (Fsp3) is 0.200. The van der Waals surface area contributed by atoms with Crippen molar-refractivity contribution in [2.45, 2.75) is 6.92 Å². The van der Waals surface area contributed by atoms with Crippen LogP contribution in [0.3, 0.4) is 0 Å². The Morgan fingerprint density at radius 1 is 0.960 bits per heavy atom. The van der Waals surface area contributed by atoms with Crippen LogP contribution >= 0.6 is 0 Å². The highest BCUT2D eigenvalue weighted by Gasteiger charge is 2.06. The van der Waals surface area contributed by atoms with Gasteiger partial charge in [-0.15, -0.1) is 0 Å². The minimum absolute atomic E-state index is 0.561. The second-order valence-electron chi connectivity index (χ2n) is 5.54. The third-order valence-corrected chi connectivity index (χ3v) is 3.73. The minimum atomic E-state index is 0.561. The first-order chi connectivity index (χ1) is 12.3. The van der Waals surface area contributed by atoms with E-state index >= 15 is 0 Å². The Labute approximate surface area is 147 Å². The SMILES string of the molecule is COc1ccc(-c2ncc(C)c(NCCOc3ccccc3)n2)cc1. The van der Waals surface area contributed by atoms with Gasteiger partial charge in [-0.3, -0.25) is 0 Å². The zero-order valence-corrected chi connectivity index (χ0v) is 14.4. The number of methoxy groups -OCH3 is 1. The van der Waals surface area contributed by atoms with Gasteiger partial charge in [0.2, 0.25) is 0 Å². The van der Waals surface area contributed by atoms with Gasteiger partial charge < -0.3 is 14.8 Å². The van der Waals surface area contributed by atoms with Gasteiger partial charge in [-0.05, 0) is 43.3 Å². The number of nitrogens with zero attached hydrogens (tertiary/aromatic N) is 2. The van der Waals surface area contributed by atoms with E-state index in [0.717, 1.165) is 28.4 Å². The number of nitrogens with one attached hydrogen (secondary N) is 1. The molecule has 0 aliphatic heterocycles. The van der Waals surface area contributed by atoms with Gasteiger partial charge in [-0.2, -0.15) is 0 Å². The van der Waals surface area contributed by atoms with Crippen molar-refractivity contribution in [1.82, 2.24) is 9.97 Å². The van der Waals surface area contributed by atoms with Crippen molar-refractivity contribution in [2.75, 3.05) is 25.6 Å². The van der Waals surface area contributed by atoms with E-state index in [4.69, 9.17) is 9.47 Å². The van der Waals surface area contributed by atoms with Crippen LogP contribution in [0.5, 0.6) is 11.5 Å². The van der Waals surface area contributed by atoms with Crippen LogP contribution in [-0.2, 0) is 0 Å². The van der Waals surface area contributed by atoms with E-state index in [0.29, 0.717) is 19.0 Å². The Hall–Kier alpha value is -3.08. The number of aryl methyl sites for hydroxylation is 1. The van der Waals surface area contributed by atoms with E-state index in [2.05, 4.69) is 15.3 Å². The molecule has 0 amide bonds. The maximum absolute atomic E-state index is 5.69. The molecular weight excluding hydrogens is 314 g/mol. The lowest BCUT2D eigenvalue weighted by Crippen LogP contribution is -2.13. The lowest BCUT2D eigenvalue weighted by atomic mass is 10.2. The molecule has 0 aliphatic carbocycles. The molecule has 1 aromatic heterocycles. The molecule has 0 unspecified atom stereocenters. The van der Waals surface area contributed by atoms with E-state index in [-0.39, 0.29) is 0 Å².